The minimum atomic E-state index is -3.94. The highest BCUT2D eigenvalue weighted by atomic mass is 35.5. The molecule has 0 saturated carbocycles. The number of hydrogen-bond acceptors (Lipinski definition) is 5. The Kier molecular flexibility index (Phi) is 11.5. The first-order valence-corrected chi connectivity index (χ1v) is 15.7. The number of carbonyl (C=O) groups excluding carboxylic acids is 2. The smallest absolute Gasteiger partial charge is 0.244 e. The van der Waals surface area contributed by atoms with Crippen molar-refractivity contribution in [3.63, 3.8) is 0 Å². The molecule has 0 unspecified atom stereocenters. The second-order valence-corrected chi connectivity index (χ2v) is 12.9. The molecule has 8 nitrogen and oxygen atoms in total. The molecule has 0 spiro atoms. The lowest BCUT2D eigenvalue weighted by Gasteiger charge is -2.33. The van der Waals surface area contributed by atoms with Crippen LogP contribution >= 0.6 is 23.2 Å². The normalized spacial score (nSPS) is 12.1. The molecule has 0 bridgehead atoms. The van der Waals surface area contributed by atoms with Crippen molar-refractivity contribution in [2.45, 2.75) is 32.9 Å². The number of benzene rings is 3. The van der Waals surface area contributed by atoms with Crippen LogP contribution in [0.3, 0.4) is 0 Å². The fraction of sp³-hybridized carbons (Fsp3) is 0.333. The first-order valence-electron chi connectivity index (χ1n) is 13.0. The number of hydrogen-bond donors (Lipinski definition) is 1. The average Bonchev–Trinajstić information content (AvgIpc) is 2.91. The Balaban J connectivity index is 2.08. The molecule has 11 heteroatoms. The van der Waals surface area contributed by atoms with Crippen LogP contribution in [0.15, 0.2) is 72.8 Å². The Labute approximate surface area is 252 Å². The molecule has 220 valence electrons. The third-order valence-corrected chi connectivity index (χ3v) is 7.83. The lowest BCUT2D eigenvalue weighted by molar-refractivity contribution is -0.140. The second-order valence-electron chi connectivity index (χ2n) is 10.1. The quantitative estimate of drug-likeness (QED) is 0.284. The number of anilines is 1. The largest absolute Gasteiger partial charge is 0.497 e. The van der Waals surface area contributed by atoms with Crippen molar-refractivity contribution in [2.75, 3.05) is 30.8 Å². The lowest BCUT2D eigenvalue weighted by atomic mass is 10.0. The molecule has 1 N–H and O–H groups in total. The molecule has 0 heterocycles. The van der Waals surface area contributed by atoms with Crippen LogP contribution < -0.4 is 14.4 Å². The summed E-state index contributed by atoms with van der Waals surface area (Å²) >= 11 is 12.3. The number of carbonyl (C=O) groups is 2. The average molecular weight is 621 g/mol. The van der Waals surface area contributed by atoms with Crippen molar-refractivity contribution in [1.82, 2.24) is 10.2 Å². The fourth-order valence-corrected chi connectivity index (χ4v) is 5.59. The van der Waals surface area contributed by atoms with Gasteiger partial charge < -0.3 is 15.0 Å². The molecule has 3 rings (SSSR count). The molecule has 3 aromatic carbocycles. The molecule has 0 radical (unpaired) electrons. The van der Waals surface area contributed by atoms with Crippen LogP contribution in [0.2, 0.25) is 10.0 Å². The molecule has 0 aromatic heterocycles. The van der Waals surface area contributed by atoms with Crippen molar-refractivity contribution in [3.05, 3.63) is 94.0 Å². The highest BCUT2D eigenvalue weighted by Crippen LogP contribution is 2.28. The predicted octanol–water partition coefficient (Wildman–Crippen LogP) is 5.18. The van der Waals surface area contributed by atoms with E-state index < -0.39 is 28.5 Å². The number of nitrogens with zero attached hydrogens (tertiary/aromatic N) is 2. The van der Waals surface area contributed by atoms with Crippen LogP contribution in [-0.2, 0) is 32.6 Å². The van der Waals surface area contributed by atoms with Crippen LogP contribution in [0, 0.1) is 5.92 Å². The highest BCUT2D eigenvalue weighted by Gasteiger charge is 2.33. The van der Waals surface area contributed by atoms with E-state index in [9.17, 15) is 18.0 Å². The monoisotopic (exact) mass is 619 g/mol. The molecule has 0 fully saturated rings. The molecular weight excluding hydrogens is 585 g/mol. The summed E-state index contributed by atoms with van der Waals surface area (Å²) < 4.78 is 32.1. The summed E-state index contributed by atoms with van der Waals surface area (Å²) in [7, 11) is -2.40. The van der Waals surface area contributed by atoms with E-state index in [0.29, 0.717) is 17.9 Å². The van der Waals surface area contributed by atoms with Crippen molar-refractivity contribution in [3.8, 4) is 5.75 Å². The molecule has 0 saturated heterocycles. The molecular formula is C30H35Cl2N3O5S. The summed E-state index contributed by atoms with van der Waals surface area (Å²) in [4.78, 5) is 29.2. The molecule has 41 heavy (non-hydrogen) atoms. The first kappa shape index (κ1) is 32.2. The van der Waals surface area contributed by atoms with Crippen LogP contribution in [0.1, 0.15) is 25.0 Å². The molecule has 0 aliphatic heterocycles. The molecule has 0 aliphatic carbocycles. The fourth-order valence-electron chi connectivity index (χ4n) is 4.24. The number of sulfonamides is 1. The zero-order valence-corrected chi connectivity index (χ0v) is 25.8. The van der Waals surface area contributed by atoms with Crippen LogP contribution in [0.25, 0.3) is 0 Å². The standard InChI is InChI=1S/C30H35Cl2N3O5S/c1-21(2)18-33-30(37)28(14-22-9-6-5-7-10-22)34(19-23-11-8-12-27(13-23)40-3)29(36)20-35(41(4,38)39)26-16-24(31)15-25(32)17-26/h5-13,15-17,21,28H,14,18-20H2,1-4H3,(H,33,37)/t28-/m0/s1. The topological polar surface area (TPSA) is 96.0 Å². The summed E-state index contributed by atoms with van der Waals surface area (Å²) in [6, 6.07) is 19.9. The first-order chi connectivity index (χ1) is 19.4. The number of amides is 2. The van der Waals surface area contributed by atoms with Crippen molar-refractivity contribution in [1.29, 1.82) is 0 Å². The minimum absolute atomic E-state index is 0.0382. The van der Waals surface area contributed by atoms with Crippen LogP contribution in [0.5, 0.6) is 5.75 Å². The second kappa shape index (κ2) is 14.6. The van der Waals surface area contributed by atoms with E-state index in [-0.39, 0.29) is 40.5 Å². The van der Waals surface area contributed by atoms with E-state index in [4.69, 9.17) is 27.9 Å². The molecule has 3 aromatic rings. The van der Waals surface area contributed by atoms with Gasteiger partial charge in [-0.15, -0.1) is 0 Å². The van der Waals surface area contributed by atoms with Gasteiger partial charge in [-0.3, -0.25) is 13.9 Å². The summed E-state index contributed by atoms with van der Waals surface area (Å²) in [5.41, 5.74) is 1.70. The van der Waals surface area contributed by atoms with E-state index in [1.165, 1.54) is 23.1 Å². The number of nitrogens with one attached hydrogen (secondary N) is 1. The van der Waals surface area contributed by atoms with E-state index in [1.54, 1.807) is 25.3 Å². The maximum absolute atomic E-state index is 14.1. The third-order valence-electron chi connectivity index (χ3n) is 6.26. The number of methoxy groups -OCH3 is 1. The van der Waals surface area contributed by atoms with Gasteiger partial charge in [-0.05, 0) is 47.4 Å². The Hall–Kier alpha value is -3.27. The molecule has 1 atom stereocenters. The third kappa shape index (κ3) is 9.66. The lowest BCUT2D eigenvalue weighted by Crippen LogP contribution is -2.53. The maximum Gasteiger partial charge on any atom is 0.244 e. The van der Waals surface area contributed by atoms with Gasteiger partial charge in [-0.1, -0.05) is 79.5 Å². The summed E-state index contributed by atoms with van der Waals surface area (Å²) in [6.07, 6.45) is 1.22. The van der Waals surface area contributed by atoms with E-state index in [2.05, 4.69) is 5.32 Å². The Bertz CT molecular complexity index is 1430. The Morgan fingerprint density at radius 1 is 0.927 bits per heavy atom. The van der Waals surface area contributed by atoms with Gasteiger partial charge in [0.15, 0.2) is 0 Å². The van der Waals surface area contributed by atoms with Gasteiger partial charge in [0.1, 0.15) is 18.3 Å². The summed E-state index contributed by atoms with van der Waals surface area (Å²) in [6.45, 7) is 3.85. The number of halogens is 2. The molecule has 0 aliphatic rings. The van der Waals surface area contributed by atoms with Gasteiger partial charge in [0.25, 0.3) is 0 Å². The maximum atomic E-state index is 14.1. The van der Waals surface area contributed by atoms with Crippen LogP contribution in [0.4, 0.5) is 5.69 Å². The number of ether oxygens (including phenoxy) is 1. The van der Waals surface area contributed by atoms with Crippen LogP contribution in [-0.4, -0.2) is 57.6 Å². The van der Waals surface area contributed by atoms with Crippen molar-refractivity contribution < 1.29 is 22.7 Å². The van der Waals surface area contributed by atoms with Crippen molar-refractivity contribution >= 4 is 50.7 Å². The van der Waals surface area contributed by atoms with Gasteiger partial charge in [-0.2, -0.15) is 0 Å². The van der Waals surface area contributed by atoms with Gasteiger partial charge >= 0.3 is 0 Å². The Morgan fingerprint density at radius 3 is 2.15 bits per heavy atom. The van der Waals surface area contributed by atoms with E-state index in [1.807, 2.05) is 50.2 Å². The minimum Gasteiger partial charge on any atom is -0.497 e. The van der Waals surface area contributed by atoms with Gasteiger partial charge in [0.05, 0.1) is 19.1 Å². The van der Waals surface area contributed by atoms with Crippen molar-refractivity contribution in [2.24, 2.45) is 5.92 Å². The SMILES string of the molecule is COc1cccc(CN(C(=O)CN(c2cc(Cl)cc(Cl)c2)S(C)(=O)=O)[C@@H](Cc2ccccc2)C(=O)NCC(C)C)c1. The number of rotatable bonds is 13. The highest BCUT2D eigenvalue weighted by molar-refractivity contribution is 7.92. The summed E-state index contributed by atoms with van der Waals surface area (Å²) in [5, 5.41) is 3.39. The van der Waals surface area contributed by atoms with Gasteiger partial charge in [0.2, 0.25) is 21.8 Å². The summed E-state index contributed by atoms with van der Waals surface area (Å²) in [5.74, 6) is -0.136. The molecule has 2 amide bonds. The van der Waals surface area contributed by atoms with E-state index in [0.717, 1.165) is 16.1 Å². The van der Waals surface area contributed by atoms with Gasteiger partial charge in [0, 0.05) is 29.6 Å². The van der Waals surface area contributed by atoms with Gasteiger partial charge in [-0.25, -0.2) is 8.42 Å². The Morgan fingerprint density at radius 2 is 1.56 bits per heavy atom. The zero-order valence-electron chi connectivity index (χ0n) is 23.5. The van der Waals surface area contributed by atoms with E-state index >= 15 is 0 Å². The predicted molar refractivity (Wildman–Crippen MR) is 164 cm³/mol. The zero-order chi connectivity index (χ0) is 30.2.